The third-order valence-corrected chi connectivity index (χ3v) is 5.02. The Balaban J connectivity index is 1.34. The number of carbonyl (C=O) groups excluding carboxylic acids is 1. The van der Waals surface area contributed by atoms with Gasteiger partial charge in [-0.1, -0.05) is 30.3 Å². The summed E-state index contributed by atoms with van der Waals surface area (Å²) in [6.07, 6.45) is 0. The van der Waals surface area contributed by atoms with Crippen molar-refractivity contribution in [2.75, 3.05) is 0 Å². The van der Waals surface area contributed by atoms with Crippen molar-refractivity contribution >= 4 is 28.0 Å². The second-order valence-corrected chi connectivity index (χ2v) is 7.07. The zero-order valence-electron chi connectivity index (χ0n) is 14.8. The maximum absolute atomic E-state index is 12.2. The first-order chi connectivity index (χ1) is 13.2. The number of furan rings is 1. The summed E-state index contributed by atoms with van der Waals surface area (Å²) in [4.78, 5) is 16.5. The Morgan fingerprint density at radius 2 is 2.00 bits per heavy atom. The van der Waals surface area contributed by atoms with E-state index < -0.39 is 0 Å². The van der Waals surface area contributed by atoms with Gasteiger partial charge >= 0.3 is 0 Å². The van der Waals surface area contributed by atoms with Gasteiger partial charge in [0.15, 0.2) is 5.76 Å². The fourth-order valence-electron chi connectivity index (χ4n) is 2.72. The Bertz CT molecular complexity index is 1080. The van der Waals surface area contributed by atoms with Gasteiger partial charge in [0.2, 0.25) is 0 Å². The monoisotopic (exact) mass is 378 g/mol. The number of aryl methyl sites for hydroxylation is 1. The number of aromatic nitrogens is 1. The fourth-order valence-corrected chi connectivity index (χ4v) is 3.43. The number of hydrogen-bond donors (Lipinski definition) is 1. The van der Waals surface area contributed by atoms with Crippen molar-refractivity contribution in [3.05, 3.63) is 82.2 Å². The van der Waals surface area contributed by atoms with Gasteiger partial charge in [-0.25, -0.2) is 4.98 Å². The molecule has 27 heavy (non-hydrogen) atoms. The number of thiazole rings is 1. The van der Waals surface area contributed by atoms with Crippen LogP contribution in [0.3, 0.4) is 0 Å². The lowest BCUT2D eigenvalue weighted by Crippen LogP contribution is -2.22. The smallest absolute Gasteiger partial charge is 0.287 e. The quantitative estimate of drug-likeness (QED) is 0.528. The molecule has 136 valence electrons. The van der Waals surface area contributed by atoms with E-state index in [9.17, 15) is 4.79 Å². The number of nitrogens with zero attached hydrogens (tertiary/aromatic N) is 1. The van der Waals surface area contributed by atoms with Gasteiger partial charge in [-0.2, -0.15) is 0 Å². The van der Waals surface area contributed by atoms with Crippen LogP contribution in [0.2, 0.25) is 0 Å². The van der Waals surface area contributed by atoms with Crippen LogP contribution in [0, 0.1) is 6.92 Å². The molecule has 2 heterocycles. The highest BCUT2D eigenvalue weighted by atomic mass is 32.1. The summed E-state index contributed by atoms with van der Waals surface area (Å²) in [6, 6.07) is 17.4. The molecule has 2 aromatic carbocycles. The Morgan fingerprint density at radius 3 is 2.81 bits per heavy atom. The number of ether oxygens (including phenoxy) is 1. The molecule has 0 unspecified atom stereocenters. The van der Waals surface area contributed by atoms with E-state index in [-0.39, 0.29) is 18.3 Å². The van der Waals surface area contributed by atoms with Gasteiger partial charge in [-0.15, -0.1) is 11.3 Å². The molecule has 0 spiro atoms. The molecule has 1 amide bonds. The van der Waals surface area contributed by atoms with Crippen LogP contribution in [0.1, 0.15) is 27.0 Å². The van der Waals surface area contributed by atoms with Crippen LogP contribution in [-0.4, -0.2) is 10.9 Å². The van der Waals surface area contributed by atoms with Gasteiger partial charge in [-0.05, 0) is 42.0 Å². The predicted molar refractivity (Wildman–Crippen MR) is 105 cm³/mol. The van der Waals surface area contributed by atoms with E-state index in [0.29, 0.717) is 12.3 Å². The lowest BCUT2D eigenvalue weighted by molar-refractivity contribution is 0.0919. The summed E-state index contributed by atoms with van der Waals surface area (Å²) in [5.41, 5.74) is 0.954. The van der Waals surface area contributed by atoms with Crippen molar-refractivity contribution < 1.29 is 13.9 Å². The number of nitrogens with one attached hydrogen (secondary N) is 1. The van der Waals surface area contributed by atoms with Crippen LogP contribution >= 0.6 is 11.3 Å². The molecule has 0 aliphatic heterocycles. The largest absolute Gasteiger partial charge is 0.486 e. The first kappa shape index (κ1) is 17.3. The van der Waals surface area contributed by atoms with Crippen molar-refractivity contribution in [3.63, 3.8) is 0 Å². The summed E-state index contributed by atoms with van der Waals surface area (Å²) in [5.74, 6) is 1.36. The van der Waals surface area contributed by atoms with Gasteiger partial charge in [0.25, 0.3) is 5.91 Å². The SMILES string of the molecule is Cc1csc(CNC(=O)c2ccc(COc3ccc4ccccc4c3)o2)n1. The Kier molecular flexibility index (Phi) is 4.89. The minimum Gasteiger partial charge on any atom is -0.486 e. The van der Waals surface area contributed by atoms with Gasteiger partial charge in [0, 0.05) is 11.1 Å². The summed E-state index contributed by atoms with van der Waals surface area (Å²) in [7, 11) is 0. The van der Waals surface area contributed by atoms with Crippen LogP contribution < -0.4 is 10.1 Å². The average Bonchev–Trinajstić information content (AvgIpc) is 3.33. The number of rotatable bonds is 6. The van der Waals surface area contributed by atoms with E-state index in [1.165, 1.54) is 11.3 Å². The van der Waals surface area contributed by atoms with Crippen molar-refractivity contribution in [2.24, 2.45) is 0 Å². The van der Waals surface area contributed by atoms with Crippen LogP contribution in [-0.2, 0) is 13.2 Å². The van der Waals surface area contributed by atoms with Gasteiger partial charge in [-0.3, -0.25) is 4.79 Å². The number of benzene rings is 2. The maximum Gasteiger partial charge on any atom is 0.287 e. The topological polar surface area (TPSA) is 64.4 Å². The summed E-state index contributed by atoms with van der Waals surface area (Å²) >= 11 is 1.52. The average molecular weight is 378 g/mol. The minimum absolute atomic E-state index is 0.261. The van der Waals surface area contributed by atoms with Crippen molar-refractivity contribution in [3.8, 4) is 5.75 Å². The minimum atomic E-state index is -0.264. The molecule has 5 nitrogen and oxygen atoms in total. The molecule has 0 bridgehead atoms. The predicted octanol–water partition coefficient (Wildman–Crippen LogP) is 4.71. The lowest BCUT2D eigenvalue weighted by Gasteiger charge is -2.06. The molecule has 0 radical (unpaired) electrons. The van der Waals surface area contributed by atoms with Crippen molar-refractivity contribution in [2.45, 2.75) is 20.1 Å². The molecule has 0 saturated carbocycles. The molecule has 0 aliphatic carbocycles. The van der Waals surface area contributed by atoms with E-state index in [1.807, 2.05) is 48.7 Å². The molecule has 4 aromatic rings. The molecule has 2 aromatic heterocycles. The first-order valence-electron chi connectivity index (χ1n) is 8.57. The second-order valence-electron chi connectivity index (χ2n) is 6.13. The van der Waals surface area contributed by atoms with Crippen LogP contribution in [0.5, 0.6) is 5.75 Å². The van der Waals surface area contributed by atoms with Crippen LogP contribution in [0.15, 0.2) is 64.4 Å². The molecule has 4 rings (SSSR count). The van der Waals surface area contributed by atoms with Crippen molar-refractivity contribution in [1.29, 1.82) is 0 Å². The molecule has 0 saturated heterocycles. The number of carbonyl (C=O) groups is 1. The zero-order valence-corrected chi connectivity index (χ0v) is 15.6. The molecule has 0 fully saturated rings. The van der Waals surface area contributed by atoms with E-state index in [2.05, 4.69) is 16.4 Å². The standard InChI is InChI=1S/C21H18N2O3S/c1-14-13-27-20(23-14)11-22-21(24)19-9-8-18(26-19)12-25-17-7-6-15-4-2-3-5-16(15)10-17/h2-10,13H,11-12H2,1H3,(H,22,24). The summed E-state index contributed by atoms with van der Waals surface area (Å²) < 4.78 is 11.4. The molecular formula is C21H18N2O3S. The molecule has 0 aliphatic rings. The highest BCUT2D eigenvalue weighted by molar-refractivity contribution is 7.09. The second kappa shape index (κ2) is 7.63. The fraction of sp³-hybridized carbons (Fsp3) is 0.143. The normalized spacial score (nSPS) is 10.9. The Labute approximate surface area is 160 Å². The van der Waals surface area contributed by atoms with Gasteiger partial charge in [0.05, 0.1) is 6.54 Å². The molecule has 0 atom stereocenters. The first-order valence-corrected chi connectivity index (χ1v) is 9.45. The molecule has 1 N–H and O–H groups in total. The van der Waals surface area contributed by atoms with E-state index in [1.54, 1.807) is 12.1 Å². The number of fused-ring (bicyclic) bond motifs is 1. The van der Waals surface area contributed by atoms with Crippen LogP contribution in [0.4, 0.5) is 0 Å². The zero-order chi connectivity index (χ0) is 18.6. The molecule has 6 heteroatoms. The highest BCUT2D eigenvalue weighted by Crippen LogP contribution is 2.21. The third-order valence-electron chi connectivity index (χ3n) is 4.05. The lowest BCUT2D eigenvalue weighted by atomic mass is 10.1. The highest BCUT2D eigenvalue weighted by Gasteiger charge is 2.12. The molecular weight excluding hydrogens is 360 g/mol. The number of amides is 1. The summed E-state index contributed by atoms with van der Waals surface area (Å²) in [5, 5.41) is 7.91. The van der Waals surface area contributed by atoms with E-state index >= 15 is 0 Å². The Morgan fingerprint density at radius 1 is 1.15 bits per heavy atom. The van der Waals surface area contributed by atoms with Gasteiger partial charge < -0.3 is 14.5 Å². The Hall–Kier alpha value is -3.12. The summed E-state index contributed by atoms with van der Waals surface area (Å²) in [6.45, 7) is 2.58. The maximum atomic E-state index is 12.2. The van der Waals surface area contributed by atoms with E-state index in [0.717, 1.165) is 27.2 Å². The van der Waals surface area contributed by atoms with E-state index in [4.69, 9.17) is 9.15 Å². The van der Waals surface area contributed by atoms with Gasteiger partial charge in [0.1, 0.15) is 23.1 Å². The third kappa shape index (κ3) is 4.17. The van der Waals surface area contributed by atoms with Crippen LogP contribution in [0.25, 0.3) is 10.8 Å². The number of hydrogen-bond acceptors (Lipinski definition) is 5. The van der Waals surface area contributed by atoms with Crippen molar-refractivity contribution in [1.82, 2.24) is 10.3 Å².